The minimum atomic E-state index is -0.301. The molecule has 0 spiro atoms. The number of hydrogen-bond donors (Lipinski definition) is 1. The zero-order chi connectivity index (χ0) is 23.1. The van der Waals surface area contributed by atoms with E-state index in [1.54, 1.807) is 19.2 Å². The van der Waals surface area contributed by atoms with Gasteiger partial charge in [0.1, 0.15) is 6.54 Å². The Hall–Kier alpha value is -3.59. The monoisotopic (exact) mass is 450 g/mol. The summed E-state index contributed by atoms with van der Waals surface area (Å²) in [4.78, 5) is 27.8. The smallest absolute Gasteiger partial charge is 0.275 e. The topological polar surface area (TPSA) is 94.9 Å². The molecule has 0 saturated carbocycles. The van der Waals surface area contributed by atoms with Crippen LogP contribution in [-0.2, 0) is 30.8 Å². The molecule has 0 fully saturated rings. The molecule has 1 amide bonds. The molecule has 0 saturated heterocycles. The zero-order valence-corrected chi connectivity index (χ0v) is 18.9. The van der Waals surface area contributed by atoms with Gasteiger partial charge in [0.15, 0.2) is 11.5 Å². The lowest BCUT2D eigenvalue weighted by Crippen LogP contribution is -2.34. The molecule has 0 radical (unpaired) electrons. The molecular formula is C24H26N4O5. The van der Waals surface area contributed by atoms with Crippen LogP contribution in [0.15, 0.2) is 29.1 Å². The van der Waals surface area contributed by atoms with Gasteiger partial charge in [0.05, 0.1) is 18.2 Å². The number of amides is 1. The lowest BCUT2D eigenvalue weighted by Gasteiger charge is -2.29. The summed E-state index contributed by atoms with van der Waals surface area (Å²) in [6.45, 7) is 3.67. The number of nitrogens with one attached hydrogen (secondary N) is 1. The molecule has 9 heteroatoms. The predicted octanol–water partition coefficient (Wildman–Crippen LogP) is 1.75. The lowest BCUT2D eigenvalue weighted by molar-refractivity contribution is -0.122. The molecule has 0 atom stereocenters. The fourth-order valence-corrected chi connectivity index (χ4v) is 4.68. The highest BCUT2D eigenvalue weighted by atomic mass is 16.7. The SMILES string of the molecule is COc1c2c(c(CNC(=O)Cn3nc(C)c4ccccc4c3=O)c3c1OCO3)CCN(C)C2. The summed E-state index contributed by atoms with van der Waals surface area (Å²) < 4.78 is 18.3. The Morgan fingerprint density at radius 2 is 1.94 bits per heavy atom. The van der Waals surface area contributed by atoms with Crippen LogP contribution in [0.25, 0.3) is 10.8 Å². The Morgan fingerprint density at radius 1 is 1.18 bits per heavy atom. The second-order valence-corrected chi connectivity index (χ2v) is 8.39. The Bertz CT molecular complexity index is 1320. The van der Waals surface area contributed by atoms with Crippen molar-refractivity contribution in [2.75, 3.05) is 27.5 Å². The summed E-state index contributed by atoms with van der Waals surface area (Å²) in [7, 11) is 3.69. The first-order chi connectivity index (χ1) is 16.0. The van der Waals surface area contributed by atoms with Crippen LogP contribution in [0.3, 0.4) is 0 Å². The molecule has 0 aliphatic carbocycles. The molecule has 1 N–H and O–H groups in total. The van der Waals surface area contributed by atoms with Gasteiger partial charge in [-0.1, -0.05) is 18.2 Å². The number of nitrogens with zero attached hydrogens (tertiary/aromatic N) is 3. The van der Waals surface area contributed by atoms with E-state index in [4.69, 9.17) is 14.2 Å². The van der Waals surface area contributed by atoms with Crippen molar-refractivity contribution in [2.45, 2.75) is 33.0 Å². The van der Waals surface area contributed by atoms with Crippen molar-refractivity contribution in [3.63, 3.8) is 0 Å². The second kappa shape index (κ2) is 8.40. The third-order valence-electron chi connectivity index (χ3n) is 6.28. The molecule has 0 unspecified atom stereocenters. The van der Waals surface area contributed by atoms with Gasteiger partial charge in [-0.2, -0.15) is 5.10 Å². The van der Waals surface area contributed by atoms with E-state index in [1.807, 2.05) is 19.1 Å². The maximum atomic E-state index is 12.8. The standard InChI is InChI=1S/C24H26N4O5/c1-14-15-6-4-5-7-17(15)24(30)28(26-14)12-20(29)25-10-18-16-8-9-27(2)11-19(16)21(31-3)23-22(18)32-13-33-23/h4-7H,8-13H2,1-3H3,(H,25,29). The van der Waals surface area contributed by atoms with E-state index in [0.29, 0.717) is 28.3 Å². The fraction of sp³-hybridized carbons (Fsp3) is 0.375. The number of fused-ring (bicyclic) bond motifs is 3. The van der Waals surface area contributed by atoms with E-state index < -0.39 is 0 Å². The van der Waals surface area contributed by atoms with Gasteiger partial charge < -0.3 is 24.4 Å². The van der Waals surface area contributed by atoms with Crippen LogP contribution in [-0.4, -0.2) is 48.1 Å². The van der Waals surface area contributed by atoms with Crippen molar-refractivity contribution in [3.05, 3.63) is 57.0 Å². The maximum Gasteiger partial charge on any atom is 0.275 e. The molecule has 3 heterocycles. The summed E-state index contributed by atoms with van der Waals surface area (Å²) in [6.07, 6.45) is 0.814. The van der Waals surface area contributed by atoms with Gasteiger partial charge in [-0.25, -0.2) is 4.68 Å². The summed E-state index contributed by atoms with van der Waals surface area (Å²) in [5, 5.41) is 8.62. The number of carbonyl (C=O) groups is 1. The van der Waals surface area contributed by atoms with E-state index >= 15 is 0 Å². The summed E-state index contributed by atoms with van der Waals surface area (Å²) >= 11 is 0. The molecule has 0 bridgehead atoms. The number of benzene rings is 2. The molecule has 9 nitrogen and oxygen atoms in total. The van der Waals surface area contributed by atoms with Gasteiger partial charge in [0.2, 0.25) is 18.4 Å². The van der Waals surface area contributed by atoms with E-state index in [9.17, 15) is 9.59 Å². The van der Waals surface area contributed by atoms with E-state index in [1.165, 1.54) is 4.68 Å². The van der Waals surface area contributed by atoms with Crippen molar-refractivity contribution < 1.29 is 19.0 Å². The Kier molecular flexibility index (Phi) is 5.41. The summed E-state index contributed by atoms with van der Waals surface area (Å²) in [5.41, 5.74) is 3.49. The molecule has 1 aromatic heterocycles. The third kappa shape index (κ3) is 3.68. The summed E-state index contributed by atoms with van der Waals surface area (Å²) in [6, 6.07) is 7.28. The van der Waals surface area contributed by atoms with Gasteiger partial charge in [0.25, 0.3) is 5.56 Å². The van der Waals surface area contributed by atoms with Crippen LogP contribution >= 0.6 is 0 Å². The van der Waals surface area contributed by atoms with Crippen LogP contribution < -0.4 is 25.1 Å². The van der Waals surface area contributed by atoms with E-state index in [-0.39, 0.29) is 31.3 Å². The first-order valence-corrected chi connectivity index (χ1v) is 10.9. The first kappa shape index (κ1) is 21.3. The van der Waals surface area contributed by atoms with Crippen molar-refractivity contribution >= 4 is 16.7 Å². The average Bonchev–Trinajstić information content (AvgIpc) is 3.29. The highest BCUT2D eigenvalue weighted by Gasteiger charge is 2.32. The van der Waals surface area contributed by atoms with Gasteiger partial charge in [0, 0.05) is 36.1 Å². The molecule has 5 rings (SSSR count). The normalized spacial score (nSPS) is 14.9. The number of methoxy groups -OCH3 is 1. The van der Waals surface area contributed by atoms with Gasteiger partial charge in [-0.3, -0.25) is 9.59 Å². The lowest BCUT2D eigenvalue weighted by atomic mass is 9.92. The highest BCUT2D eigenvalue weighted by Crippen LogP contribution is 2.49. The number of likely N-dealkylation sites (N-methyl/N-ethyl adjacent to an activating group) is 1. The molecule has 2 aromatic carbocycles. The quantitative estimate of drug-likeness (QED) is 0.633. The van der Waals surface area contributed by atoms with Crippen molar-refractivity contribution in [1.29, 1.82) is 0 Å². The van der Waals surface area contributed by atoms with Gasteiger partial charge in [-0.15, -0.1) is 0 Å². The molecular weight excluding hydrogens is 424 g/mol. The molecule has 3 aromatic rings. The molecule has 2 aliphatic rings. The van der Waals surface area contributed by atoms with Crippen LogP contribution in [0.4, 0.5) is 0 Å². The molecule has 33 heavy (non-hydrogen) atoms. The average molecular weight is 450 g/mol. The van der Waals surface area contributed by atoms with Crippen LogP contribution in [0.5, 0.6) is 17.2 Å². The van der Waals surface area contributed by atoms with Crippen LogP contribution in [0, 0.1) is 6.92 Å². The number of hydrogen-bond acceptors (Lipinski definition) is 7. The van der Waals surface area contributed by atoms with Crippen molar-refractivity contribution in [3.8, 4) is 17.2 Å². The predicted molar refractivity (Wildman–Crippen MR) is 122 cm³/mol. The van der Waals surface area contributed by atoms with Gasteiger partial charge in [-0.05, 0) is 32.0 Å². The number of aromatic nitrogens is 2. The van der Waals surface area contributed by atoms with Crippen LogP contribution in [0.2, 0.25) is 0 Å². The Labute approximate surface area is 190 Å². The fourth-order valence-electron chi connectivity index (χ4n) is 4.68. The maximum absolute atomic E-state index is 12.8. The highest BCUT2D eigenvalue weighted by molar-refractivity contribution is 5.83. The zero-order valence-electron chi connectivity index (χ0n) is 18.9. The van der Waals surface area contributed by atoms with Gasteiger partial charge >= 0.3 is 0 Å². The van der Waals surface area contributed by atoms with E-state index in [0.717, 1.165) is 41.6 Å². The van der Waals surface area contributed by atoms with Crippen molar-refractivity contribution in [1.82, 2.24) is 20.0 Å². The molecule has 172 valence electrons. The number of aryl methyl sites for hydroxylation is 1. The Morgan fingerprint density at radius 3 is 2.73 bits per heavy atom. The summed E-state index contributed by atoms with van der Waals surface area (Å²) in [5.74, 6) is 1.59. The number of rotatable bonds is 5. The largest absolute Gasteiger partial charge is 0.492 e. The number of ether oxygens (including phenoxy) is 3. The van der Waals surface area contributed by atoms with Crippen LogP contribution in [0.1, 0.15) is 22.4 Å². The number of carbonyl (C=O) groups excluding carboxylic acids is 1. The molecule has 2 aliphatic heterocycles. The minimum absolute atomic E-state index is 0.112. The third-order valence-corrected chi connectivity index (χ3v) is 6.28. The van der Waals surface area contributed by atoms with Crippen molar-refractivity contribution in [2.24, 2.45) is 0 Å². The Balaban J connectivity index is 1.42. The van der Waals surface area contributed by atoms with E-state index in [2.05, 4.69) is 22.4 Å². The minimum Gasteiger partial charge on any atom is -0.492 e. The first-order valence-electron chi connectivity index (χ1n) is 10.9. The second-order valence-electron chi connectivity index (χ2n) is 8.39.